The molecule has 2 rings (SSSR count). The van der Waals surface area contributed by atoms with E-state index in [1.807, 2.05) is 24.3 Å². The molecule has 1 atom stereocenters. The minimum Gasteiger partial charge on any atom is -0.289 e. The van der Waals surface area contributed by atoms with Crippen LogP contribution in [0.15, 0.2) is 48.5 Å². The Balaban J connectivity index is 2.22. The zero-order chi connectivity index (χ0) is 13.8. The fraction of sp³-hybridized carbons (Fsp3) is 0.188. The van der Waals surface area contributed by atoms with Crippen LogP contribution in [0.5, 0.6) is 0 Å². The molecule has 0 radical (unpaired) electrons. The second-order valence-corrected chi connectivity index (χ2v) is 5.88. The van der Waals surface area contributed by atoms with Crippen LogP contribution in [0.3, 0.4) is 0 Å². The van der Waals surface area contributed by atoms with Crippen LogP contribution in [0.4, 0.5) is 0 Å². The van der Waals surface area contributed by atoms with Crippen LogP contribution in [0.1, 0.15) is 39.7 Å². The second kappa shape index (κ2) is 6.36. The number of carbonyl (C=O) groups excluding carboxylic acids is 1. The zero-order valence-electron chi connectivity index (χ0n) is 10.6. The molecule has 0 heterocycles. The van der Waals surface area contributed by atoms with Gasteiger partial charge in [0.25, 0.3) is 0 Å². The van der Waals surface area contributed by atoms with Gasteiger partial charge in [0.15, 0.2) is 5.78 Å². The molecular formula is C16H14BrClO. The average Bonchev–Trinajstić information content (AvgIpc) is 2.46. The van der Waals surface area contributed by atoms with Gasteiger partial charge in [-0.15, -0.1) is 0 Å². The third kappa shape index (κ3) is 3.46. The van der Waals surface area contributed by atoms with E-state index in [0.717, 1.165) is 6.42 Å². The summed E-state index contributed by atoms with van der Waals surface area (Å²) in [6.07, 6.45) is 1.02. The Morgan fingerprint density at radius 2 is 1.53 bits per heavy atom. The van der Waals surface area contributed by atoms with Gasteiger partial charge >= 0.3 is 0 Å². The van der Waals surface area contributed by atoms with E-state index in [-0.39, 0.29) is 5.78 Å². The highest BCUT2D eigenvalue weighted by molar-refractivity contribution is 9.09. The maximum atomic E-state index is 12.3. The predicted molar refractivity (Wildman–Crippen MR) is 83.3 cm³/mol. The van der Waals surface area contributed by atoms with E-state index in [9.17, 15) is 4.79 Å². The van der Waals surface area contributed by atoms with Crippen LogP contribution >= 0.6 is 27.5 Å². The number of rotatable bonds is 4. The Bertz CT molecular complexity index is 560. The highest BCUT2D eigenvalue weighted by Crippen LogP contribution is 2.26. The van der Waals surface area contributed by atoms with Gasteiger partial charge in [-0.1, -0.05) is 58.7 Å². The van der Waals surface area contributed by atoms with E-state index in [1.165, 1.54) is 5.56 Å². The molecule has 0 N–H and O–H groups in total. The Hall–Kier alpha value is -1.12. The summed E-state index contributed by atoms with van der Waals surface area (Å²) in [4.78, 5) is 12.6. The number of carbonyl (C=O) groups is 1. The molecule has 0 amide bonds. The number of halogens is 2. The van der Waals surface area contributed by atoms with Gasteiger partial charge in [-0.2, -0.15) is 0 Å². The molecule has 1 nitrogen and oxygen atoms in total. The van der Waals surface area contributed by atoms with Crippen molar-refractivity contribution in [3.63, 3.8) is 0 Å². The largest absolute Gasteiger partial charge is 0.289 e. The molecule has 0 aliphatic carbocycles. The first-order chi connectivity index (χ1) is 9.11. The fourth-order valence-electron chi connectivity index (χ4n) is 1.85. The Morgan fingerprint density at radius 3 is 2.00 bits per heavy atom. The van der Waals surface area contributed by atoms with Gasteiger partial charge < -0.3 is 0 Å². The van der Waals surface area contributed by atoms with Crippen molar-refractivity contribution in [2.24, 2.45) is 0 Å². The van der Waals surface area contributed by atoms with Crippen molar-refractivity contribution >= 4 is 33.3 Å². The lowest BCUT2D eigenvalue weighted by Gasteiger charge is -2.08. The maximum absolute atomic E-state index is 12.3. The van der Waals surface area contributed by atoms with E-state index in [4.69, 9.17) is 11.6 Å². The zero-order valence-corrected chi connectivity index (χ0v) is 12.9. The SMILES string of the molecule is CCC(Br)c1ccc(C(=O)c2ccc(Cl)cc2)cc1. The monoisotopic (exact) mass is 336 g/mol. The molecule has 0 bridgehead atoms. The molecule has 0 saturated heterocycles. The topological polar surface area (TPSA) is 17.1 Å². The summed E-state index contributed by atoms with van der Waals surface area (Å²) in [6.45, 7) is 2.12. The van der Waals surface area contributed by atoms with Gasteiger partial charge in [0.1, 0.15) is 0 Å². The number of alkyl halides is 1. The van der Waals surface area contributed by atoms with Crippen LogP contribution in [0, 0.1) is 0 Å². The maximum Gasteiger partial charge on any atom is 0.193 e. The summed E-state index contributed by atoms with van der Waals surface area (Å²) in [5, 5.41) is 0.636. The van der Waals surface area contributed by atoms with Crippen molar-refractivity contribution < 1.29 is 4.79 Å². The van der Waals surface area contributed by atoms with E-state index in [2.05, 4.69) is 22.9 Å². The van der Waals surface area contributed by atoms with Crippen LogP contribution in [0.25, 0.3) is 0 Å². The lowest BCUT2D eigenvalue weighted by molar-refractivity contribution is 0.103. The Kier molecular flexibility index (Phi) is 4.78. The lowest BCUT2D eigenvalue weighted by atomic mass is 10.0. The summed E-state index contributed by atoms with van der Waals surface area (Å²) in [5.74, 6) is 0.0193. The van der Waals surface area contributed by atoms with Crippen LogP contribution in [-0.2, 0) is 0 Å². The summed E-state index contributed by atoms with van der Waals surface area (Å²) < 4.78 is 0. The minimum absolute atomic E-state index is 0.0193. The van der Waals surface area contributed by atoms with Gasteiger partial charge in [0, 0.05) is 21.0 Å². The first kappa shape index (κ1) is 14.3. The lowest BCUT2D eigenvalue weighted by Crippen LogP contribution is -2.01. The van der Waals surface area contributed by atoms with Crippen molar-refractivity contribution in [1.29, 1.82) is 0 Å². The Labute approximate surface area is 126 Å². The highest BCUT2D eigenvalue weighted by atomic mass is 79.9. The summed E-state index contributed by atoms with van der Waals surface area (Å²) in [6, 6.07) is 14.7. The standard InChI is InChI=1S/C16H14BrClO/c1-2-15(17)11-3-5-12(6-4-11)16(19)13-7-9-14(18)10-8-13/h3-10,15H,2H2,1H3. The second-order valence-electron chi connectivity index (χ2n) is 4.33. The first-order valence-corrected chi connectivity index (χ1v) is 7.45. The molecular weight excluding hydrogens is 324 g/mol. The van der Waals surface area contributed by atoms with Gasteiger partial charge in [-0.3, -0.25) is 4.79 Å². The molecule has 0 fully saturated rings. The summed E-state index contributed by atoms with van der Waals surface area (Å²) in [5.41, 5.74) is 2.54. The third-order valence-corrected chi connectivity index (χ3v) is 4.43. The first-order valence-electron chi connectivity index (χ1n) is 6.16. The molecule has 1 unspecified atom stereocenters. The highest BCUT2D eigenvalue weighted by Gasteiger charge is 2.10. The van der Waals surface area contributed by atoms with Crippen LogP contribution in [-0.4, -0.2) is 5.78 Å². The molecule has 0 saturated carbocycles. The molecule has 19 heavy (non-hydrogen) atoms. The summed E-state index contributed by atoms with van der Waals surface area (Å²) >= 11 is 9.42. The minimum atomic E-state index is 0.0193. The van der Waals surface area contributed by atoms with Crippen molar-refractivity contribution in [1.82, 2.24) is 0 Å². The van der Waals surface area contributed by atoms with E-state index in [0.29, 0.717) is 21.0 Å². The normalized spacial score (nSPS) is 12.2. The molecule has 0 aliphatic heterocycles. The van der Waals surface area contributed by atoms with Crippen LogP contribution in [0.2, 0.25) is 5.02 Å². The number of benzene rings is 2. The van der Waals surface area contributed by atoms with Crippen LogP contribution < -0.4 is 0 Å². The molecule has 2 aromatic carbocycles. The van der Waals surface area contributed by atoms with Gasteiger partial charge in [-0.25, -0.2) is 0 Å². The fourth-order valence-corrected chi connectivity index (χ4v) is 2.28. The van der Waals surface area contributed by atoms with Crippen molar-refractivity contribution in [3.8, 4) is 0 Å². The predicted octanol–water partition coefficient (Wildman–Crippen LogP) is 5.42. The van der Waals surface area contributed by atoms with Crippen molar-refractivity contribution in [2.45, 2.75) is 18.2 Å². The van der Waals surface area contributed by atoms with E-state index in [1.54, 1.807) is 24.3 Å². The molecule has 3 heteroatoms. The van der Waals surface area contributed by atoms with Crippen molar-refractivity contribution in [3.05, 3.63) is 70.2 Å². The molecule has 2 aromatic rings. The Morgan fingerprint density at radius 1 is 1.05 bits per heavy atom. The molecule has 0 spiro atoms. The van der Waals surface area contributed by atoms with Gasteiger partial charge in [-0.05, 0) is 36.2 Å². The third-order valence-electron chi connectivity index (χ3n) is 3.00. The number of ketones is 1. The molecule has 98 valence electrons. The van der Waals surface area contributed by atoms with Gasteiger partial charge in [0.2, 0.25) is 0 Å². The van der Waals surface area contributed by atoms with E-state index >= 15 is 0 Å². The van der Waals surface area contributed by atoms with Crippen molar-refractivity contribution in [2.75, 3.05) is 0 Å². The van der Waals surface area contributed by atoms with Gasteiger partial charge in [0.05, 0.1) is 0 Å². The molecule has 0 aliphatic rings. The smallest absolute Gasteiger partial charge is 0.193 e. The quantitative estimate of drug-likeness (QED) is 0.538. The molecule has 0 aromatic heterocycles. The average molecular weight is 338 g/mol. The summed E-state index contributed by atoms with van der Waals surface area (Å²) in [7, 11) is 0. The number of hydrogen-bond acceptors (Lipinski definition) is 1. The van der Waals surface area contributed by atoms with E-state index < -0.39 is 0 Å². The number of hydrogen-bond donors (Lipinski definition) is 0.